The van der Waals surface area contributed by atoms with Crippen LogP contribution in [0.3, 0.4) is 0 Å². The highest BCUT2D eigenvalue weighted by atomic mass is 16.5. The fraction of sp³-hybridized carbons (Fsp3) is 0.917. The SMILES string of the molecule is CC(C)(C)C(C)(C)CCCOC(=O)CO. The summed E-state index contributed by atoms with van der Waals surface area (Å²) in [5.41, 5.74) is 0.465. The number of aliphatic hydroxyl groups excluding tert-OH is 1. The molecular formula is C12H24O3. The summed E-state index contributed by atoms with van der Waals surface area (Å²) < 4.78 is 4.81. The number of hydrogen-bond acceptors (Lipinski definition) is 3. The molecule has 0 aromatic carbocycles. The molecule has 3 heteroatoms. The van der Waals surface area contributed by atoms with Crippen molar-refractivity contribution in [3.63, 3.8) is 0 Å². The van der Waals surface area contributed by atoms with E-state index in [-0.39, 0.29) is 10.8 Å². The molecule has 0 aliphatic heterocycles. The van der Waals surface area contributed by atoms with E-state index >= 15 is 0 Å². The molecule has 0 aliphatic rings. The Bertz CT molecular complexity index is 201. The summed E-state index contributed by atoms with van der Waals surface area (Å²) in [6, 6.07) is 0. The van der Waals surface area contributed by atoms with Crippen LogP contribution in [0.2, 0.25) is 0 Å². The van der Waals surface area contributed by atoms with Gasteiger partial charge in [-0.1, -0.05) is 34.6 Å². The Morgan fingerprint density at radius 2 is 1.73 bits per heavy atom. The van der Waals surface area contributed by atoms with Crippen LogP contribution in [0.25, 0.3) is 0 Å². The zero-order valence-corrected chi connectivity index (χ0v) is 10.6. The van der Waals surface area contributed by atoms with Crippen LogP contribution in [0.1, 0.15) is 47.5 Å². The van der Waals surface area contributed by atoms with E-state index in [4.69, 9.17) is 9.84 Å². The molecule has 0 rings (SSSR count). The Balaban J connectivity index is 3.82. The number of esters is 1. The molecule has 0 radical (unpaired) electrons. The summed E-state index contributed by atoms with van der Waals surface area (Å²) in [6.45, 7) is 11.0. The Morgan fingerprint density at radius 1 is 1.20 bits per heavy atom. The van der Waals surface area contributed by atoms with Crippen LogP contribution in [0, 0.1) is 10.8 Å². The lowest BCUT2D eigenvalue weighted by Gasteiger charge is -2.39. The Hall–Kier alpha value is -0.570. The highest BCUT2D eigenvalue weighted by Crippen LogP contribution is 2.41. The lowest BCUT2D eigenvalue weighted by atomic mass is 9.67. The van der Waals surface area contributed by atoms with E-state index in [1.54, 1.807) is 0 Å². The molecule has 90 valence electrons. The summed E-state index contributed by atoms with van der Waals surface area (Å²) >= 11 is 0. The minimum absolute atomic E-state index is 0.221. The van der Waals surface area contributed by atoms with Crippen LogP contribution >= 0.6 is 0 Å². The maximum atomic E-state index is 10.7. The van der Waals surface area contributed by atoms with E-state index in [2.05, 4.69) is 34.6 Å². The standard InChI is InChI=1S/C12H24O3/c1-11(2,3)12(4,5)7-6-8-15-10(14)9-13/h13H,6-9H2,1-5H3. The quantitative estimate of drug-likeness (QED) is 0.567. The molecule has 0 saturated heterocycles. The summed E-state index contributed by atoms with van der Waals surface area (Å²) in [5, 5.41) is 8.45. The van der Waals surface area contributed by atoms with E-state index in [0.29, 0.717) is 6.61 Å². The van der Waals surface area contributed by atoms with Gasteiger partial charge in [-0.25, -0.2) is 4.79 Å². The molecule has 0 atom stereocenters. The largest absolute Gasteiger partial charge is 0.464 e. The first kappa shape index (κ1) is 14.4. The van der Waals surface area contributed by atoms with Crippen LogP contribution in [-0.2, 0) is 9.53 Å². The van der Waals surface area contributed by atoms with Crippen LogP contribution < -0.4 is 0 Å². The number of carbonyl (C=O) groups excluding carboxylic acids is 1. The number of rotatable bonds is 5. The minimum atomic E-state index is -0.538. The number of hydrogen-bond donors (Lipinski definition) is 1. The first-order chi connectivity index (χ1) is 6.70. The van der Waals surface area contributed by atoms with Gasteiger partial charge in [0.25, 0.3) is 0 Å². The molecule has 0 heterocycles. The number of aliphatic hydroxyl groups is 1. The maximum Gasteiger partial charge on any atom is 0.331 e. The molecule has 1 N–H and O–H groups in total. The minimum Gasteiger partial charge on any atom is -0.464 e. The first-order valence-electron chi connectivity index (χ1n) is 5.47. The van der Waals surface area contributed by atoms with Gasteiger partial charge in [-0.3, -0.25) is 0 Å². The molecule has 0 aromatic rings. The predicted octanol–water partition coefficient (Wildman–Crippen LogP) is 2.37. The number of carbonyl (C=O) groups is 1. The van der Waals surface area contributed by atoms with Crippen LogP contribution in [-0.4, -0.2) is 24.3 Å². The molecule has 0 aliphatic carbocycles. The molecule has 0 amide bonds. The van der Waals surface area contributed by atoms with Gasteiger partial charge >= 0.3 is 5.97 Å². The molecular weight excluding hydrogens is 192 g/mol. The summed E-state index contributed by atoms with van der Waals surface area (Å²) in [7, 11) is 0. The van der Waals surface area contributed by atoms with E-state index in [9.17, 15) is 4.79 Å². The van der Waals surface area contributed by atoms with E-state index < -0.39 is 12.6 Å². The van der Waals surface area contributed by atoms with Crippen LogP contribution in [0.5, 0.6) is 0 Å². The zero-order valence-electron chi connectivity index (χ0n) is 10.6. The van der Waals surface area contributed by atoms with Crippen molar-refractivity contribution < 1.29 is 14.6 Å². The van der Waals surface area contributed by atoms with Gasteiger partial charge in [-0.05, 0) is 23.7 Å². The van der Waals surface area contributed by atoms with Crippen LogP contribution in [0.15, 0.2) is 0 Å². The highest BCUT2D eigenvalue weighted by molar-refractivity contribution is 5.70. The van der Waals surface area contributed by atoms with Crippen molar-refractivity contribution in [1.82, 2.24) is 0 Å². The van der Waals surface area contributed by atoms with Crippen molar-refractivity contribution in [2.24, 2.45) is 10.8 Å². The molecule has 0 saturated carbocycles. The van der Waals surface area contributed by atoms with Crippen molar-refractivity contribution in [2.75, 3.05) is 13.2 Å². The van der Waals surface area contributed by atoms with E-state index in [0.717, 1.165) is 12.8 Å². The van der Waals surface area contributed by atoms with Gasteiger partial charge in [0.1, 0.15) is 6.61 Å². The van der Waals surface area contributed by atoms with Gasteiger partial charge in [0.15, 0.2) is 0 Å². The van der Waals surface area contributed by atoms with Crippen molar-refractivity contribution in [1.29, 1.82) is 0 Å². The van der Waals surface area contributed by atoms with Gasteiger partial charge < -0.3 is 9.84 Å². The van der Waals surface area contributed by atoms with Gasteiger partial charge in [-0.2, -0.15) is 0 Å². The fourth-order valence-electron chi connectivity index (χ4n) is 1.12. The molecule has 0 fully saturated rings. The lowest BCUT2D eigenvalue weighted by molar-refractivity contribution is -0.147. The lowest BCUT2D eigenvalue weighted by Crippen LogP contribution is -2.29. The van der Waals surface area contributed by atoms with Crippen molar-refractivity contribution in [2.45, 2.75) is 47.5 Å². The topological polar surface area (TPSA) is 46.5 Å². The second-order valence-electron chi connectivity index (χ2n) is 5.62. The number of ether oxygens (including phenoxy) is 1. The van der Waals surface area contributed by atoms with E-state index in [1.165, 1.54) is 0 Å². The Morgan fingerprint density at radius 3 is 2.13 bits per heavy atom. The highest BCUT2D eigenvalue weighted by Gasteiger charge is 2.31. The monoisotopic (exact) mass is 216 g/mol. The molecule has 15 heavy (non-hydrogen) atoms. The molecule has 0 unspecified atom stereocenters. The van der Waals surface area contributed by atoms with Gasteiger partial charge in [0, 0.05) is 0 Å². The molecule has 3 nitrogen and oxygen atoms in total. The average Bonchev–Trinajstić information content (AvgIpc) is 2.10. The third kappa shape index (κ3) is 5.17. The Kier molecular flexibility index (Phi) is 5.29. The third-order valence-corrected chi connectivity index (χ3v) is 3.37. The average molecular weight is 216 g/mol. The van der Waals surface area contributed by atoms with Crippen molar-refractivity contribution >= 4 is 5.97 Å². The van der Waals surface area contributed by atoms with Crippen molar-refractivity contribution in [3.05, 3.63) is 0 Å². The van der Waals surface area contributed by atoms with Gasteiger partial charge in [-0.15, -0.1) is 0 Å². The second-order valence-corrected chi connectivity index (χ2v) is 5.62. The maximum absolute atomic E-state index is 10.7. The molecule has 0 bridgehead atoms. The van der Waals surface area contributed by atoms with Crippen molar-refractivity contribution in [3.8, 4) is 0 Å². The molecule has 0 spiro atoms. The first-order valence-corrected chi connectivity index (χ1v) is 5.47. The zero-order chi connectivity index (χ0) is 12.1. The summed E-state index contributed by atoms with van der Waals surface area (Å²) in [4.78, 5) is 10.7. The van der Waals surface area contributed by atoms with Gasteiger partial charge in [0.05, 0.1) is 6.61 Å². The smallest absolute Gasteiger partial charge is 0.331 e. The summed E-state index contributed by atoms with van der Waals surface area (Å²) in [6.07, 6.45) is 1.85. The second kappa shape index (κ2) is 5.50. The predicted molar refractivity (Wildman–Crippen MR) is 60.5 cm³/mol. The van der Waals surface area contributed by atoms with Crippen LogP contribution in [0.4, 0.5) is 0 Å². The van der Waals surface area contributed by atoms with E-state index in [1.807, 2.05) is 0 Å². The molecule has 0 aromatic heterocycles. The summed E-state index contributed by atoms with van der Waals surface area (Å²) in [5.74, 6) is -0.538. The fourth-order valence-corrected chi connectivity index (χ4v) is 1.12. The Labute approximate surface area is 92.8 Å². The third-order valence-electron chi connectivity index (χ3n) is 3.37. The van der Waals surface area contributed by atoms with Gasteiger partial charge in [0.2, 0.25) is 0 Å². The normalized spacial score (nSPS) is 12.7.